The second-order valence-electron chi connectivity index (χ2n) is 6.84. The van der Waals surface area contributed by atoms with E-state index in [1.54, 1.807) is 12.4 Å². The van der Waals surface area contributed by atoms with Gasteiger partial charge in [-0.15, -0.1) is 0 Å². The number of hydrogen-bond acceptors (Lipinski definition) is 7. The molecule has 3 aromatic rings. The number of imidazole rings is 1. The minimum Gasteiger partial charge on any atom is -0.353 e. The Balaban J connectivity index is 1.49. The predicted octanol–water partition coefficient (Wildman–Crippen LogP) is 1.19. The van der Waals surface area contributed by atoms with Gasteiger partial charge in [-0.1, -0.05) is 0 Å². The average Bonchev–Trinajstić information content (AvgIpc) is 3.03. The first-order chi connectivity index (χ1) is 13.0. The smallest absolute Gasteiger partial charge is 0.277 e. The summed E-state index contributed by atoms with van der Waals surface area (Å²) in [5.41, 5.74) is 2.67. The second-order valence-corrected chi connectivity index (χ2v) is 6.84. The number of fused-ring (bicyclic) bond motifs is 1. The van der Waals surface area contributed by atoms with Crippen molar-refractivity contribution in [2.45, 2.75) is 26.8 Å². The third-order valence-electron chi connectivity index (χ3n) is 4.53. The van der Waals surface area contributed by atoms with Crippen LogP contribution in [0, 0.1) is 13.8 Å². The van der Waals surface area contributed by atoms with Crippen LogP contribution < -0.4 is 15.5 Å². The van der Waals surface area contributed by atoms with Crippen LogP contribution in [0.4, 0.5) is 11.6 Å². The molecule has 0 aliphatic carbocycles. The second kappa shape index (κ2) is 6.92. The Kier molecular flexibility index (Phi) is 4.44. The summed E-state index contributed by atoms with van der Waals surface area (Å²) in [6.45, 7) is 8.56. The van der Waals surface area contributed by atoms with Crippen molar-refractivity contribution < 1.29 is 4.79 Å². The number of aromatic nitrogens is 5. The van der Waals surface area contributed by atoms with Crippen molar-refractivity contribution in [2.75, 3.05) is 29.9 Å². The number of aryl methyl sites for hydroxylation is 2. The Hall–Kier alpha value is -3.07. The fourth-order valence-electron chi connectivity index (χ4n) is 3.26. The van der Waals surface area contributed by atoms with E-state index in [4.69, 9.17) is 0 Å². The summed E-state index contributed by atoms with van der Waals surface area (Å²) >= 11 is 0. The van der Waals surface area contributed by atoms with Crippen molar-refractivity contribution in [2.24, 2.45) is 0 Å². The summed E-state index contributed by atoms with van der Waals surface area (Å²) in [7, 11) is 0. The van der Waals surface area contributed by atoms with Crippen molar-refractivity contribution in [3.8, 4) is 0 Å². The third-order valence-corrected chi connectivity index (χ3v) is 4.53. The SMILES string of the molecule is Cc1cn2cc(NC(=O)c3cnc(N4CCNC(C)C4)cn3)nc(C)c2n1. The number of hydrogen-bond donors (Lipinski definition) is 2. The lowest BCUT2D eigenvalue weighted by Gasteiger charge is -2.32. The van der Waals surface area contributed by atoms with E-state index < -0.39 is 0 Å². The molecular weight excluding hydrogens is 344 g/mol. The molecule has 1 aliphatic rings. The van der Waals surface area contributed by atoms with Gasteiger partial charge in [0, 0.05) is 31.9 Å². The quantitative estimate of drug-likeness (QED) is 0.718. The van der Waals surface area contributed by atoms with Crippen LogP contribution in [0.5, 0.6) is 0 Å². The van der Waals surface area contributed by atoms with Gasteiger partial charge in [-0.3, -0.25) is 4.79 Å². The van der Waals surface area contributed by atoms with Gasteiger partial charge in [0.1, 0.15) is 17.3 Å². The molecule has 1 saturated heterocycles. The maximum atomic E-state index is 12.5. The van der Waals surface area contributed by atoms with E-state index in [9.17, 15) is 4.79 Å². The molecule has 0 aromatic carbocycles. The van der Waals surface area contributed by atoms with Gasteiger partial charge in [0.05, 0.1) is 30.0 Å². The van der Waals surface area contributed by atoms with Gasteiger partial charge in [-0.05, 0) is 20.8 Å². The molecule has 27 heavy (non-hydrogen) atoms. The summed E-state index contributed by atoms with van der Waals surface area (Å²) in [6.07, 6.45) is 6.78. The van der Waals surface area contributed by atoms with E-state index in [2.05, 4.69) is 42.4 Å². The molecule has 1 unspecified atom stereocenters. The number of rotatable bonds is 3. The normalized spacial score (nSPS) is 17.3. The molecule has 1 atom stereocenters. The number of carbonyl (C=O) groups excluding carboxylic acids is 1. The largest absolute Gasteiger partial charge is 0.353 e. The molecule has 1 aliphatic heterocycles. The van der Waals surface area contributed by atoms with Gasteiger partial charge >= 0.3 is 0 Å². The molecular formula is C18H22N8O. The fourth-order valence-corrected chi connectivity index (χ4v) is 3.26. The van der Waals surface area contributed by atoms with Gasteiger partial charge in [0.15, 0.2) is 5.65 Å². The van der Waals surface area contributed by atoms with Gasteiger partial charge in [-0.25, -0.2) is 19.9 Å². The van der Waals surface area contributed by atoms with Crippen molar-refractivity contribution in [1.82, 2.24) is 29.7 Å². The van der Waals surface area contributed by atoms with Crippen LogP contribution in [0.1, 0.15) is 28.8 Å². The van der Waals surface area contributed by atoms with E-state index in [0.29, 0.717) is 11.9 Å². The molecule has 0 spiro atoms. The summed E-state index contributed by atoms with van der Waals surface area (Å²) in [5.74, 6) is 0.888. The molecule has 0 radical (unpaired) electrons. The minimum atomic E-state index is -0.342. The third kappa shape index (κ3) is 3.59. The number of nitrogens with zero attached hydrogens (tertiary/aromatic N) is 6. The summed E-state index contributed by atoms with van der Waals surface area (Å²) in [6, 6.07) is 0.402. The van der Waals surface area contributed by atoms with Crippen LogP contribution in [0.15, 0.2) is 24.8 Å². The topological polar surface area (TPSA) is 100 Å². The molecule has 9 nitrogen and oxygen atoms in total. The first kappa shape index (κ1) is 17.3. The van der Waals surface area contributed by atoms with Gasteiger partial charge < -0.3 is 19.9 Å². The molecule has 1 amide bonds. The number of amides is 1. The summed E-state index contributed by atoms with van der Waals surface area (Å²) in [4.78, 5) is 32.2. The van der Waals surface area contributed by atoms with Crippen LogP contribution >= 0.6 is 0 Å². The average molecular weight is 366 g/mol. The number of piperazine rings is 1. The van der Waals surface area contributed by atoms with E-state index in [1.807, 2.05) is 24.4 Å². The highest BCUT2D eigenvalue weighted by molar-refractivity contribution is 6.02. The molecule has 140 valence electrons. The zero-order valence-corrected chi connectivity index (χ0v) is 15.6. The molecule has 4 heterocycles. The highest BCUT2D eigenvalue weighted by Crippen LogP contribution is 2.15. The monoisotopic (exact) mass is 366 g/mol. The van der Waals surface area contributed by atoms with Crippen molar-refractivity contribution >= 4 is 23.2 Å². The lowest BCUT2D eigenvalue weighted by molar-refractivity contribution is 0.102. The fraction of sp³-hybridized carbons (Fsp3) is 0.389. The lowest BCUT2D eigenvalue weighted by Crippen LogP contribution is -2.49. The van der Waals surface area contributed by atoms with Crippen LogP contribution in [-0.2, 0) is 0 Å². The molecule has 1 fully saturated rings. The van der Waals surface area contributed by atoms with E-state index in [0.717, 1.165) is 42.5 Å². The Bertz CT molecular complexity index is 981. The lowest BCUT2D eigenvalue weighted by atomic mass is 10.2. The molecule has 4 rings (SSSR count). The molecule has 9 heteroatoms. The number of carbonyl (C=O) groups is 1. The van der Waals surface area contributed by atoms with Gasteiger partial charge in [0.2, 0.25) is 0 Å². The molecule has 0 saturated carbocycles. The maximum absolute atomic E-state index is 12.5. The standard InChI is InChI=1S/C18H22N8O/c1-11-8-25(5-4-19-11)16-7-20-14(6-21-16)18(27)24-15-10-26-9-12(2)22-17(26)13(3)23-15/h6-7,9-11,19H,4-5,8H2,1-3H3,(H,24,27). The van der Waals surface area contributed by atoms with Crippen LogP contribution in [0.3, 0.4) is 0 Å². The molecule has 3 aromatic heterocycles. The highest BCUT2D eigenvalue weighted by atomic mass is 16.1. The van der Waals surface area contributed by atoms with Crippen LogP contribution in [0.25, 0.3) is 5.65 Å². The van der Waals surface area contributed by atoms with Crippen molar-refractivity contribution in [3.63, 3.8) is 0 Å². The van der Waals surface area contributed by atoms with E-state index in [-0.39, 0.29) is 11.6 Å². The molecule has 0 bridgehead atoms. The first-order valence-electron chi connectivity index (χ1n) is 8.94. The highest BCUT2D eigenvalue weighted by Gasteiger charge is 2.18. The predicted molar refractivity (Wildman–Crippen MR) is 102 cm³/mol. The van der Waals surface area contributed by atoms with E-state index in [1.165, 1.54) is 6.20 Å². The van der Waals surface area contributed by atoms with Crippen molar-refractivity contribution in [1.29, 1.82) is 0 Å². The zero-order chi connectivity index (χ0) is 19.0. The molecule has 2 N–H and O–H groups in total. The Morgan fingerprint density at radius 3 is 2.81 bits per heavy atom. The Morgan fingerprint density at radius 2 is 2.07 bits per heavy atom. The summed E-state index contributed by atoms with van der Waals surface area (Å²) in [5, 5.41) is 6.17. The van der Waals surface area contributed by atoms with Crippen LogP contribution in [0.2, 0.25) is 0 Å². The zero-order valence-electron chi connectivity index (χ0n) is 15.6. The number of nitrogens with one attached hydrogen (secondary N) is 2. The Morgan fingerprint density at radius 1 is 1.22 bits per heavy atom. The maximum Gasteiger partial charge on any atom is 0.277 e. The van der Waals surface area contributed by atoms with Gasteiger partial charge in [0.25, 0.3) is 5.91 Å². The minimum absolute atomic E-state index is 0.253. The number of anilines is 2. The van der Waals surface area contributed by atoms with Crippen molar-refractivity contribution in [3.05, 3.63) is 41.9 Å². The van der Waals surface area contributed by atoms with E-state index >= 15 is 0 Å². The summed E-state index contributed by atoms with van der Waals surface area (Å²) < 4.78 is 1.85. The van der Waals surface area contributed by atoms with Crippen LogP contribution in [-0.4, -0.2) is 55.9 Å². The first-order valence-corrected chi connectivity index (χ1v) is 8.94. The van der Waals surface area contributed by atoms with Gasteiger partial charge in [-0.2, -0.15) is 0 Å². The Labute approximate surface area is 156 Å².